The van der Waals surface area contributed by atoms with Crippen LogP contribution in [0.25, 0.3) is 0 Å². The van der Waals surface area contributed by atoms with Crippen LogP contribution in [0.4, 0.5) is 0 Å². The normalized spacial score (nSPS) is 15.3. The largest absolute Gasteiger partial charge is 0.550 e. The molecule has 0 aromatic heterocycles. The summed E-state index contributed by atoms with van der Waals surface area (Å²) in [5.41, 5.74) is 0. The summed E-state index contributed by atoms with van der Waals surface area (Å²) in [4.78, 5) is 34.4. The zero-order chi connectivity index (χ0) is 31.6. The van der Waals surface area contributed by atoms with Crippen molar-refractivity contribution in [2.24, 2.45) is 17.8 Å². The Balaban J connectivity index is 4.50. The number of unbranched alkanes of at least 4 members (excludes halogenated alkanes) is 14. The first kappa shape index (κ1) is 40.1. The van der Waals surface area contributed by atoms with E-state index in [9.17, 15) is 29.7 Å². The van der Waals surface area contributed by atoms with Crippen LogP contribution in [0.2, 0.25) is 0 Å². The molecule has 42 heavy (non-hydrogen) atoms. The molecule has 0 aliphatic carbocycles. The third kappa shape index (κ3) is 21.8. The van der Waals surface area contributed by atoms with Gasteiger partial charge in [-0.25, -0.2) is 0 Å². The predicted octanol–water partition coefficient (Wildman–Crippen LogP) is 7.62. The van der Waals surface area contributed by atoms with E-state index in [4.69, 9.17) is 0 Å². The minimum atomic E-state index is -1.07. The van der Waals surface area contributed by atoms with E-state index in [0.717, 1.165) is 25.8 Å². The predicted molar refractivity (Wildman–Crippen MR) is 170 cm³/mol. The van der Waals surface area contributed by atoms with Gasteiger partial charge >= 0.3 is 11.9 Å². The maximum absolute atomic E-state index is 11.5. The minimum absolute atomic E-state index is 0.446. The van der Waals surface area contributed by atoms with Gasteiger partial charge in [0.05, 0.1) is 38.0 Å². The standard InChI is InChI=1S/C35H65NO6/c1-5-6-7-8-9-10-11-12-13-14-15-16-17-18-19-20-21-22-26-36(27-23-30(2)33(37)38,28-24-31(3)34(39)40)29-25-32(4)35(41)42/h8-9,30-32H,5-7,10-29H2,1-4H3,(H2-,37,38,39,40,41,42)/b9-8+. The lowest BCUT2D eigenvalue weighted by Crippen LogP contribution is -2.52. The van der Waals surface area contributed by atoms with Crippen LogP contribution in [0.3, 0.4) is 0 Å². The van der Waals surface area contributed by atoms with Gasteiger partial charge in [0.2, 0.25) is 0 Å². The minimum Gasteiger partial charge on any atom is -0.550 e. The highest BCUT2D eigenvalue weighted by molar-refractivity contribution is 5.69. The van der Waals surface area contributed by atoms with E-state index in [1.807, 2.05) is 0 Å². The number of carboxylic acids is 3. The Hall–Kier alpha value is -1.89. The Morgan fingerprint density at radius 2 is 0.929 bits per heavy atom. The van der Waals surface area contributed by atoms with Crippen molar-refractivity contribution in [2.45, 2.75) is 150 Å². The van der Waals surface area contributed by atoms with Crippen LogP contribution in [0.5, 0.6) is 0 Å². The summed E-state index contributed by atoms with van der Waals surface area (Å²) in [6.07, 6.45) is 26.2. The van der Waals surface area contributed by atoms with E-state index < -0.39 is 35.7 Å². The molecule has 0 radical (unpaired) electrons. The first-order valence-corrected chi connectivity index (χ1v) is 17.2. The fraction of sp³-hybridized carbons (Fsp3) is 0.857. The van der Waals surface area contributed by atoms with Crippen molar-refractivity contribution >= 4 is 17.9 Å². The number of hydrogen-bond donors (Lipinski definition) is 2. The fourth-order valence-electron chi connectivity index (χ4n) is 5.47. The number of quaternary nitrogens is 1. The van der Waals surface area contributed by atoms with E-state index >= 15 is 0 Å². The van der Waals surface area contributed by atoms with Gasteiger partial charge in [-0.15, -0.1) is 0 Å². The third-order valence-electron chi connectivity index (χ3n) is 9.00. The quantitative estimate of drug-likeness (QED) is 0.0501. The van der Waals surface area contributed by atoms with Gasteiger partial charge in [0.15, 0.2) is 0 Å². The molecule has 246 valence electrons. The Bertz CT molecular complexity index is 677. The lowest BCUT2D eigenvalue weighted by Gasteiger charge is -2.41. The molecule has 0 spiro atoms. The molecule has 0 amide bonds. The van der Waals surface area contributed by atoms with E-state index in [1.165, 1.54) is 83.5 Å². The van der Waals surface area contributed by atoms with Gasteiger partial charge in [-0.2, -0.15) is 0 Å². The second kappa shape index (κ2) is 25.6. The number of nitrogens with zero attached hydrogens (tertiary/aromatic N) is 1. The van der Waals surface area contributed by atoms with Gasteiger partial charge in [-0.1, -0.05) is 110 Å². The highest BCUT2D eigenvalue weighted by Crippen LogP contribution is 2.22. The number of carbonyl (C=O) groups excluding carboxylic acids is 1. The van der Waals surface area contributed by atoms with Crippen molar-refractivity contribution in [2.75, 3.05) is 26.2 Å². The topological polar surface area (TPSA) is 115 Å². The van der Waals surface area contributed by atoms with Gasteiger partial charge in [0.1, 0.15) is 0 Å². The van der Waals surface area contributed by atoms with Gasteiger partial charge in [0.25, 0.3) is 0 Å². The van der Waals surface area contributed by atoms with E-state index in [-0.39, 0.29) is 0 Å². The SMILES string of the molecule is CCCC/C=C/CCCCCCCCCCCCCC[N+](CCC(C)C(=O)[O-])(CCC(C)C(=O)O)CCC(C)C(=O)O. The lowest BCUT2D eigenvalue weighted by molar-refractivity contribution is -0.929. The number of carbonyl (C=O) groups is 3. The Labute approximate surface area is 257 Å². The molecule has 0 saturated heterocycles. The Morgan fingerprint density at radius 3 is 1.31 bits per heavy atom. The second-order valence-electron chi connectivity index (χ2n) is 12.9. The molecule has 0 saturated carbocycles. The molecule has 3 atom stereocenters. The van der Waals surface area contributed by atoms with Crippen LogP contribution in [0.1, 0.15) is 150 Å². The highest BCUT2D eigenvalue weighted by atomic mass is 16.4. The Kier molecular flexibility index (Phi) is 24.4. The van der Waals surface area contributed by atoms with Crippen LogP contribution in [0, 0.1) is 17.8 Å². The number of hydrogen-bond acceptors (Lipinski definition) is 4. The van der Waals surface area contributed by atoms with Gasteiger partial charge in [-0.05, 0) is 32.1 Å². The molecule has 3 unspecified atom stereocenters. The van der Waals surface area contributed by atoms with Crippen molar-refractivity contribution in [1.82, 2.24) is 0 Å². The van der Waals surface area contributed by atoms with Crippen molar-refractivity contribution in [3.05, 3.63) is 12.2 Å². The molecule has 0 heterocycles. The first-order chi connectivity index (χ1) is 20.0. The molecule has 2 N–H and O–H groups in total. The molecule has 7 nitrogen and oxygen atoms in total. The summed E-state index contributed by atoms with van der Waals surface area (Å²) in [6.45, 7) is 9.96. The van der Waals surface area contributed by atoms with E-state index in [0.29, 0.717) is 43.4 Å². The van der Waals surface area contributed by atoms with Gasteiger partial charge in [0, 0.05) is 31.1 Å². The number of allylic oxidation sites excluding steroid dienone is 2. The molecule has 0 aromatic carbocycles. The molecule has 7 heteroatoms. The van der Waals surface area contributed by atoms with Crippen LogP contribution >= 0.6 is 0 Å². The molecule has 0 aliphatic heterocycles. The molecule has 0 aliphatic rings. The first-order valence-electron chi connectivity index (χ1n) is 17.2. The third-order valence-corrected chi connectivity index (χ3v) is 9.00. The van der Waals surface area contributed by atoms with Gasteiger partial charge < -0.3 is 24.6 Å². The van der Waals surface area contributed by atoms with Gasteiger partial charge in [-0.3, -0.25) is 9.59 Å². The molecule has 0 aromatic rings. The summed E-state index contributed by atoms with van der Waals surface area (Å²) < 4.78 is 0.585. The van der Waals surface area contributed by atoms with Crippen molar-refractivity contribution in [3.63, 3.8) is 0 Å². The lowest BCUT2D eigenvalue weighted by atomic mass is 10.0. The smallest absolute Gasteiger partial charge is 0.306 e. The second-order valence-corrected chi connectivity index (χ2v) is 12.9. The zero-order valence-corrected chi connectivity index (χ0v) is 27.6. The van der Waals surface area contributed by atoms with Crippen LogP contribution in [-0.4, -0.2) is 58.8 Å². The summed E-state index contributed by atoms with van der Waals surface area (Å²) in [5.74, 6) is -4.31. The summed E-state index contributed by atoms with van der Waals surface area (Å²) >= 11 is 0. The van der Waals surface area contributed by atoms with Crippen LogP contribution in [-0.2, 0) is 14.4 Å². The maximum Gasteiger partial charge on any atom is 0.306 e. The fourth-order valence-corrected chi connectivity index (χ4v) is 5.47. The monoisotopic (exact) mass is 595 g/mol. The highest BCUT2D eigenvalue weighted by Gasteiger charge is 2.30. The van der Waals surface area contributed by atoms with Crippen LogP contribution in [0.15, 0.2) is 12.2 Å². The maximum atomic E-state index is 11.5. The molecule has 0 bridgehead atoms. The van der Waals surface area contributed by atoms with Crippen molar-refractivity contribution in [1.29, 1.82) is 0 Å². The Morgan fingerprint density at radius 1 is 0.571 bits per heavy atom. The molecular weight excluding hydrogens is 530 g/mol. The average molecular weight is 596 g/mol. The van der Waals surface area contributed by atoms with Crippen molar-refractivity contribution < 1.29 is 34.2 Å². The average Bonchev–Trinajstić information content (AvgIpc) is 2.96. The summed E-state index contributed by atoms with van der Waals surface area (Å²) in [7, 11) is 0. The zero-order valence-electron chi connectivity index (χ0n) is 27.6. The number of aliphatic carboxylic acids is 3. The number of carboxylic acid groups (broad SMARTS) is 3. The van der Waals surface area contributed by atoms with Crippen molar-refractivity contribution in [3.8, 4) is 0 Å². The number of rotatable bonds is 30. The summed E-state index contributed by atoms with van der Waals surface area (Å²) in [5, 5.41) is 30.2. The molecule has 0 fully saturated rings. The molecule has 0 rings (SSSR count). The van der Waals surface area contributed by atoms with E-state index in [1.54, 1.807) is 20.8 Å². The van der Waals surface area contributed by atoms with E-state index in [2.05, 4.69) is 19.1 Å². The molecular formula is C35H65NO6. The van der Waals surface area contributed by atoms with Crippen LogP contribution < -0.4 is 5.11 Å². The summed E-state index contributed by atoms with van der Waals surface area (Å²) in [6, 6.07) is 0.